The Labute approximate surface area is 117 Å². The molecule has 5 nitrogen and oxygen atoms in total. The Balaban J connectivity index is 1.97. The normalized spacial score (nSPS) is 10.2. The largest absolute Gasteiger partial charge is 0.489 e. The molecular formula is C15H16N2O3. The number of hydrogen-bond acceptors (Lipinski definition) is 4. The number of nitro benzene ring substituents is 1. The molecule has 20 heavy (non-hydrogen) atoms. The smallest absolute Gasteiger partial charge is 0.269 e. The molecule has 0 fully saturated rings. The second-order valence-corrected chi connectivity index (χ2v) is 4.39. The molecule has 0 bridgehead atoms. The van der Waals surface area contributed by atoms with Crippen LogP contribution in [0.2, 0.25) is 0 Å². The molecule has 0 aliphatic carbocycles. The first kappa shape index (κ1) is 14.0. The Morgan fingerprint density at radius 1 is 1.15 bits per heavy atom. The minimum atomic E-state index is -0.411. The van der Waals surface area contributed by atoms with Crippen molar-refractivity contribution in [3.8, 4) is 5.75 Å². The molecule has 0 saturated carbocycles. The van der Waals surface area contributed by atoms with E-state index in [-0.39, 0.29) is 5.69 Å². The maximum absolute atomic E-state index is 10.6. The summed E-state index contributed by atoms with van der Waals surface area (Å²) in [4.78, 5) is 10.1. The Bertz CT molecular complexity index is 582. The average Bonchev–Trinajstić information content (AvgIpc) is 2.46. The van der Waals surface area contributed by atoms with E-state index in [2.05, 4.69) is 5.32 Å². The number of hydrogen-bond donors (Lipinski definition) is 1. The van der Waals surface area contributed by atoms with E-state index in [1.807, 2.05) is 31.3 Å². The van der Waals surface area contributed by atoms with Gasteiger partial charge in [-0.25, -0.2) is 0 Å². The molecule has 5 heteroatoms. The molecule has 0 aromatic heterocycles. The van der Waals surface area contributed by atoms with E-state index in [1.54, 1.807) is 12.1 Å². The summed E-state index contributed by atoms with van der Waals surface area (Å²) in [6.45, 7) is 1.18. The highest BCUT2D eigenvalue weighted by atomic mass is 16.6. The highest BCUT2D eigenvalue weighted by Crippen LogP contribution is 2.17. The van der Waals surface area contributed by atoms with Gasteiger partial charge in [0.15, 0.2) is 0 Å². The lowest BCUT2D eigenvalue weighted by atomic mass is 10.2. The fourth-order valence-electron chi connectivity index (χ4n) is 1.83. The van der Waals surface area contributed by atoms with Gasteiger partial charge in [0.1, 0.15) is 12.4 Å². The maximum atomic E-state index is 10.6. The van der Waals surface area contributed by atoms with Gasteiger partial charge in [-0.3, -0.25) is 10.1 Å². The lowest BCUT2D eigenvalue weighted by Gasteiger charge is -2.08. The summed E-state index contributed by atoms with van der Waals surface area (Å²) >= 11 is 0. The fourth-order valence-corrected chi connectivity index (χ4v) is 1.83. The van der Waals surface area contributed by atoms with E-state index in [1.165, 1.54) is 12.1 Å². The van der Waals surface area contributed by atoms with Gasteiger partial charge in [0.2, 0.25) is 0 Å². The molecule has 1 N–H and O–H groups in total. The molecule has 2 aromatic rings. The van der Waals surface area contributed by atoms with Crippen LogP contribution < -0.4 is 10.1 Å². The van der Waals surface area contributed by atoms with E-state index in [0.29, 0.717) is 6.61 Å². The van der Waals surface area contributed by atoms with Gasteiger partial charge in [-0.05, 0) is 42.4 Å². The summed E-state index contributed by atoms with van der Waals surface area (Å²) in [6.07, 6.45) is 0. The number of nitrogens with one attached hydrogen (secondary N) is 1. The van der Waals surface area contributed by atoms with Crippen molar-refractivity contribution in [1.29, 1.82) is 0 Å². The Morgan fingerprint density at radius 3 is 2.55 bits per heavy atom. The van der Waals surface area contributed by atoms with Crippen LogP contribution in [0.5, 0.6) is 5.75 Å². The third-order valence-electron chi connectivity index (χ3n) is 2.83. The highest BCUT2D eigenvalue weighted by Gasteiger charge is 2.04. The van der Waals surface area contributed by atoms with Crippen molar-refractivity contribution >= 4 is 5.69 Å². The summed E-state index contributed by atoms with van der Waals surface area (Å²) in [7, 11) is 1.89. The van der Waals surface area contributed by atoms with Crippen LogP contribution >= 0.6 is 0 Å². The Kier molecular flexibility index (Phi) is 4.68. The van der Waals surface area contributed by atoms with E-state index in [9.17, 15) is 10.1 Å². The molecule has 0 atom stereocenters. The number of ether oxygens (including phenoxy) is 1. The summed E-state index contributed by atoms with van der Waals surface area (Å²) in [6, 6.07) is 14.2. The molecule has 2 aromatic carbocycles. The summed E-state index contributed by atoms with van der Waals surface area (Å²) in [5.41, 5.74) is 2.13. The minimum Gasteiger partial charge on any atom is -0.489 e. The van der Waals surface area contributed by atoms with Gasteiger partial charge in [0.05, 0.1) is 4.92 Å². The van der Waals surface area contributed by atoms with E-state index in [4.69, 9.17) is 4.74 Å². The van der Waals surface area contributed by atoms with Gasteiger partial charge in [0, 0.05) is 18.7 Å². The molecule has 0 saturated heterocycles. The van der Waals surface area contributed by atoms with Crippen LogP contribution in [0.25, 0.3) is 0 Å². The van der Waals surface area contributed by atoms with Crippen molar-refractivity contribution in [3.63, 3.8) is 0 Å². The fraction of sp³-hybridized carbons (Fsp3) is 0.200. The van der Waals surface area contributed by atoms with E-state index < -0.39 is 4.92 Å². The highest BCUT2D eigenvalue weighted by molar-refractivity contribution is 5.33. The van der Waals surface area contributed by atoms with Gasteiger partial charge >= 0.3 is 0 Å². The van der Waals surface area contributed by atoms with Crippen LogP contribution in [0.4, 0.5) is 5.69 Å². The summed E-state index contributed by atoms with van der Waals surface area (Å²) in [5, 5.41) is 13.6. The van der Waals surface area contributed by atoms with Crippen molar-refractivity contribution in [2.24, 2.45) is 0 Å². The summed E-state index contributed by atoms with van der Waals surface area (Å²) in [5.74, 6) is 0.788. The first-order chi connectivity index (χ1) is 9.69. The van der Waals surface area contributed by atoms with Crippen LogP contribution in [0.1, 0.15) is 11.1 Å². The third-order valence-corrected chi connectivity index (χ3v) is 2.83. The second-order valence-electron chi connectivity index (χ2n) is 4.39. The van der Waals surface area contributed by atoms with Crippen molar-refractivity contribution < 1.29 is 9.66 Å². The maximum Gasteiger partial charge on any atom is 0.269 e. The van der Waals surface area contributed by atoms with Crippen molar-refractivity contribution in [3.05, 3.63) is 69.8 Å². The molecule has 0 amide bonds. The topological polar surface area (TPSA) is 64.4 Å². The van der Waals surface area contributed by atoms with Gasteiger partial charge in [-0.1, -0.05) is 12.1 Å². The first-order valence-electron chi connectivity index (χ1n) is 6.28. The number of rotatable bonds is 6. The van der Waals surface area contributed by atoms with Crippen molar-refractivity contribution in [2.75, 3.05) is 7.05 Å². The lowest BCUT2D eigenvalue weighted by Crippen LogP contribution is -2.05. The minimum absolute atomic E-state index is 0.0877. The standard InChI is InChI=1S/C15H16N2O3/c1-16-10-13-3-2-4-15(9-13)20-11-12-5-7-14(8-6-12)17(18)19/h2-9,16H,10-11H2,1H3. The predicted octanol–water partition coefficient (Wildman–Crippen LogP) is 2.89. The Morgan fingerprint density at radius 2 is 1.90 bits per heavy atom. The van der Waals surface area contributed by atoms with Gasteiger partial charge in [-0.15, -0.1) is 0 Å². The quantitative estimate of drug-likeness (QED) is 0.648. The van der Waals surface area contributed by atoms with E-state index in [0.717, 1.165) is 23.4 Å². The van der Waals surface area contributed by atoms with Crippen molar-refractivity contribution in [1.82, 2.24) is 5.32 Å². The molecule has 0 unspecified atom stereocenters. The van der Waals surface area contributed by atoms with Crippen LogP contribution in [0, 0.1) is 10.1 Å². The summed E-state index contributed by atoms with van der Waals surface area (Å²) < 4.78 is 5.68. The molecule has 104 valence electrons. The molecule has 0 radical (unpaired) electrons. The van der Waals surface area contributed by atoms with Crippen molar-refractivity contribution in [2.45, 2.75) is 13.2 Å². The van der Waals surface area contributed by atoms with Crippen LogP contribution in [0.3, 0.4) is 0 Å². The number of benzene rings is 2. The van der Waals surface area contributed by atoms with Crippen LogP contribution in [0.15, 0.2) is 48.5 Å². The Hall–Kier alpha value is -2.40. The predicted molar refractivity (Wildman–Crippen MR) is 76.6 cm³/mol. The number of nitrogens with zero attached hydrogens (tertiary/aromatic N) is 1. The zero-order valence-electron chi connectivity index (χ0n) is 11.2. The zero-order chi connectivity index (χ0) is 14.4. The molecule has 0 heterocycles. The monoisotopic (exact) mass is 272 g/mol. The molecule has 0 aliphatic heterocycles. The zero-order valence-corrected chi connectivity index (χ0v) is 11.2. The molecular weight excluding hydrogens is 256 g/mol. The number of non-ortho nitro benzene ring substituents is 1. The third kappa shape index (κ3) is 3.80. The molecule has 0 spiro atoms. The first-order valence-corrected chi connectivity index (χ1v) is 6.28. The van der Waals surface area contributed by atoms with Crippen LogP contribution in [-0.2, 0) is 13.2 Å². The second kappa shape index (κ2) is 6.68. The van der Waals surface area contributed by atoms with E-state index >= 15 is 0 Å². The molecule has 0 aliphatic rings. The number of nitro groups is 1. The van der Waals surface area contributed by atoms with Crippen LogP contribution in [-0.4, -0.2) is 12.0 Å². The SMILES string of the molecule is CNCc1cccc(OCc2ccc([N+](=O)[O-])cc2)c1. The van der Waals surface area contributed by atoms with Gasteiger partial charge in [-0.2, -0.15) is 0 Å². The van der Waals surface area contributed by atoms with Gasteiger partial charge < -0.3 is 10.1 Å². The lowest BCUT2D eigenvalue weighted by molar-refractivity contribution is -0.384. The average molecular weight is 272 g/mol. The molecule has 2 rings (SSSR count). The van der Waals surface area contributed by atoms with Gasteiger partial charge in [0.25, 0.3) is 5.69 Å².